The predicted molar refractivity (Wildman–Crippen MR) is 78.2 cm³/mol. The molecule has 0 aliphatic heterocycles. The molecule has 0 aliphatic rings. The fourth-order valence-electron chi connectivity index (χ4n) is 1.54. The summed E-state index contributed by atoms with van der Waals surface area (Å²) in [7, 11) is 2.28. The number of unbranched alkanes of at least 4 members (excludes halogenated alkanes) is 5. The average molecular weight is 260 g/mol. The van der Waals surface area contributed by atoms with E-state index in [0.717, 1.165) is 32.7 Å². The van der Waals surface area contributed by atoms with Crippen LogP contribution in [0.1, 0.15) is 58.3 Å². The lowest BCUT2D eigenvalue weighted by molar-refractivity contribution is 0.125. The largest absolute Gasteiger partial charge is 0.381 e. The van der Waals surface area contributed by atoms with Gasteiger partial charge in [0.25, 0.3) is 0 Å². The molecule has 17 heavy (non-hydrogen) atoms. The first-order valence-corrected chi connectivity index (χ1v) is 7.43. The minimum atomic E-state index is 0.842. The topological polar surface area (TPSA) is 18.5 Å². The van der Waals surface area contributed by atoms with Crippen LogP contribution in [-0.4, -0.2) is 19.8 Å². The third kappa shape index (κ3) is 16.1. The van der Waals surface area contributed by atoms with Crippen molar-refractivity contribution in [3.8, 4) is 0 Å². The number of hydrogen-bond donors (Lipinski definition) is 0. The van der Waals surface area contributed by atoms with E-state index in [-0.39, 0.29) is 0 Å². The number of rotatable bonds is 13. The lowest BCUT2D eigenvalue weighted by Gasteiger charge is -2.03. The highest BCUT2D eigenvalue weighted by molar-refractivity contribution is 7.09. The minimum absolute atomic E-state index is 0.842. The third-order valence-corrected chi connectivity index (χ3v) is 2.82. The van der Waals surface area contributed by atoms with Gasteiger partial charge in [0.05, 0.1) is 6.61 Å². The van der Waals surface area contributed by atoms with Crippen LogP contribution in [-0.2, 0) is 9.26 Å². The summed E-state index contributed by atoms with van der Waals surface area (Å²) in [5.41, 5.74) is 0. The van der Waals surface area contributed by atoms with Crippen molar-refractivity contribution >= 4 is 9.47 Å². The van der Waals surface area contributed by atoms with Crippen LogP contribution in [0.15, 0.2) is 12.2 Å². The van der Waals surface area contributed by atoms with Crippen molar-refractivity contribution in [2.75, 3.05) is 19.8 Å². The van der Waals surface area contributed by atoms with Gasteiger partial charge in [-0.1, -0.05) is 25.5 Å². The molecule has 0 amide bonds. The molecule has 0 rings (SSSR count). The molecule has 0 N–H and O–H groups in total. The van der Waals surface area contributed by atoms with Gasteiger partial charge in [0.2, 0.25) is 0 Å². The maximum absolute atomic E-state index is 5.57. The van der Waals surface area contributed by atoms with Gasteiger partial charge >= 0.3 is 0 Å². The van der Waals surface area contributed by atoms with Gasteiger partial charge in [0, 0.05) is 22.7 Å². The highest BCUT2D eigenvalue weighted by Crippen LogP contribution is 2.01. The summed E-state index contributed by atoms with van der Waals surface area (Å²) in [6.07, 6.45) is 14.2. The normalized spacial score (nSPS) is 11.4. The van der Waals surface area contributed by atoms with E-state index in [0.29, 0.717) is 0 Å². The van der Waals surface area contributed by atoms with Crippen molar-refractivity contribution in [3.63, 3.8) is 0 Å². The van der Waals surface area contributed by atoms with Crippen molar-refractivity contribution in [1.82, 2.24) is 0 Å². The second kappa shape index (κ2) is 16.1. The van der Waals surface area contributed by atoms with Crippen LogP contribution in [0.25, 0.3) is 0 Å². The molecule has 0 spiro atoms. The molecule has 0 saturated carbocycles. The monoisotopic (exact) mass is 260 g/mol. The van der Waals surface area contributed by atoms with Gasteiger partial charge in [0.1, 0.15) is 0 Å². The molecule has 0 saturated heterocycles. The molecule has 0 radical (unpaired) electrons. The molecule has 0 fully saturated rings. The fraction of sp³-hybridized carbons (Fsp3) is 0.857. The second-order valence-corrected chi connectivity index (χ2v) is 4.63. The van der Waals surface area contributed by atoms with Crippen molar-refractivity contribution in [2.45, 2.75) is 58.3 Å². The molecule has 3 heteroatoms. The van der Waals surface area contributed by atoms with Crippen molar-refractivity contribution in [2.24, 2.45) is 0 Å². The Labute approximate surface area is 109 Å². The van der Waals surface area contributed by atoms with Gasteiger partial charge in [-0.2, -0.15) is 0 Å². The van der Waals surface area contributed by atoms with Crippen LogP contribution >= 0.6 is 9.47 Å². The van der Waals surface area contributed by atoms with Crippen molar-refractivity contribution < 1.29 is 9.26 Å². The first-order chi connectivity index (χ1) is 8.41. The van der Waals surface area contributed by atoms with Gasteiger partial charge in [-0.25, -0.2) is 0 Å². The Balaban J connectivity index is 2.94. The van der Waals surface area contributed by atoms with Crippen LogP contribution in [0.2, 0.25) is 0 Å². The Morgan fingerprint density at radius 3 is 2.18 bits per heavy atom. The van der Waals surface area contributed by atoms with Crippen LogP contribution < -0.4 is 0 Å². The Bertz CT molecular complexity index is 160. The van der Waals surface area contributed by atoms with Gasteiger partial charge < -0.3 is 9.26 Å². The summed E-state index contributed by atoms with van der Waals surface area (Å²) in [6, 6.07) is 0. The summed E-state index contributed by atoms with van der Waals surface area (Å²) in [4.78, 5) is 0. The summed E-state index contributed by atoms with van der Waals surface area (Å²) in [5, 5.41) is 0. The van der Waals surface area contributed by atoms with Gasteiger partial charge in [-0.05, 0) is 44.9 Å². The second-order valence-electron chi connectivity index (χ2n) is 4.30. The molecule has 1 atom stereocenters. The zero-order valence-electron chi connectivity index (χ0n) is 11.3. The zero-order valence-corrected chi connectivity index (χ0v) is 12.5. The third-order valence-electron chi connectivity index (χ3n) is 2.58. The van der Waals surface area contributed by atoms with Crippen LogP contribution in [0.3, 0.4) is 0 Å². The maximum Gasteiger partial charge on any atom is 0.0501 e. The molecule has 0 aromatic rings. The first kappa shape index (κ1) is 17.1. The van der Waals surface area contributed by atoms with Crippen LogP contribution in [0, 0.1) is 0 Å². The van der Waals surface area contributed by atoms with E-state index in [4.69, 9.17) is 9.26 Å². The standard InChI is InChI=1S/C14H29O2P/c1-2-3-4-5-6-7-9-12-15-13-10-8-11-14-16-17/h4-5H,2-3,6-14,17H2,1H3. The number of allylic oxidation sites excluding steroid dienone is 2. The maximum atomic E-state index is 5.57. The quantitative estimate of drug-likeness (QED) is 0.275. The van der Waals surface area contributed by atoms with Crippen LogP contribution in [0.4, 0.5) is 0 Å². The van der Waals surface area contributed by atoms with E-state index in [1.807, 2.05) is 0 Å². The molecule has 1 unspecified atom stereocenters. The molecule has 102 valence electrons. The fourth-order valence-corrected chi connectivity index (χ4v) is 1.70. The van der Waals surface area contributed by atoms with Crippen molar-refractivity contribution in [3.05, 3.63) is 12.2 Å². The molecule has 0 aromatic carbocycles. The van der Waals surface area contributed by atoms with Crippen molar-refractivity contribution in [1.29, 1.82) is 0 Å². The Morgan fingerprint density at radius 2 is 1.47 bits per heavy atom. The Morgan fingerprint density at radius 1 is 0.824 bits per heavy atom. The van der Waals surface area contributed by atoms with E-state index in [1.165, 1.54) is 38.5 Å². The summed E-state index contributed by atoms with van der Waals surface area (Å²) < 4.78 is 10.5. The van der Waals surface area contributed by atoms with E-state index >= 15 is 0 Å². The predicted octanol–water partition coefficient (Wildman–Crippen LogP) is 4.51. The Hall–Kier alpha value is 0.0900. The van der Waals surface area contributed by atoms with Gasteiger partial charge in [-0.15, -0.1) is 0 Å². The van der Waals surface area contributed by atoms with Gasteiger partial charge in [-0.3, -0.25) is 0 Å². The average Bonchev–Trinajstić information content (AvgIpc) is 2.35. The Kier molecular flexibility index (Phi) is 16.2. The highest BCUT2D eigenvalue weighted by atomic mass is 31.0. The van der Waals surface area contributed by atoms with Crippen LogP contribution in [0.5, 0.6) is 0 Å². The number of hydrogen-bond acceptors (Lipinski definition) is 2. The lowest BCUT2D eigenvalue weighted by atomic mass is 10.2. The van der Waals surface area contributed by atoms with E-state index < -0.39 is 0 Å². The van der Waals surface area contributed by atoms with E-state index in [1.54, 1.807) is 0 Å². The molecule has 2 nitrogen and oxygen atoms in total. The molecule has 0 aromatic heterocycles. The first-order valence-electron chi connectivity index (χ1n) is 6.96. The zero-order chi connectivity index (χ0) is 12.6. The van der Waals surface area contributed by atoms with E-state index in [9.17, 15) is 0 Å². The summed E-state index contributed by atoms with van der Waals surface area (Å²) in [6.45, 7) is 4.88. The summed E-state index contributed by atoms with van der Waals surface area (Å²) >= 11 is 0. The molecule has 0 aliphatic carbocycles. The molecular formula is C14H29O2P. The number of ether oxygens (including phenoxy) is 1. The smallest absolute Gasteiger partial charge is 0.0501 e. The molecule has 0 bridgehead atoms. The minimum Gasteiger partial charge on any atom is -0.381 e. The molecular weight excluding hydrogens is 231 g/mol. The highest BCUT2D eigenvalue weighted by Gasteiger charge is 1.91. The lowest BCUT2D eigenvalue weighted by Crippen LogP contribution is -1.97. The van der Waals surface area contributed by atoms with Gasteiger partial charge in [0.15, 0.2) is 0 Å². The van der Waals surface area contributed by atoms with E-state index in [2.05, 4.69) is 28.5 Å². The SMILES string of the molecule is CCCC=CCCCCOCCCCCOP. The molecule has 0 heterocycles. The summed E-state index contributed by atoms with van der Waals surface area (Å²) in [5.74, 6) is 0.